The SMILES string of the molecule is CCCc1cc(-c2cc(-c3cc(Cl)cc(Cl)c3O)nc(N)n2)n(C)n1. The van der Waals surface area contributed by atoms with Crippen molar-refractivity contribution >= 4 is 29.2 Å². The second kappa shape index (κ2) is 6.90. The maximum Gasteiger partial charge on any atom is 0.221 e. The molecule has 0 radical (unpaired) electrons. The maximum atomic E-state index is 10.2. The Hall–Kier alpha value is -2.31. The first-order chi connectivity index (χ1) is 11.9. The van der Waals surface area contributed by atoms with E-state index in [1.54, 1.807) is 16.8 Å². The number of aryl methyl sites for hydroxylation is 2. The number of nitrogens with two attached hydrogens (primary N) is 1. The van der Waals surface area contributed by atoms with Crippen molar-refractivity contribution < 1.29 is 5.11 Å². The van der Waals surface area contributed by atoms with Crippen LogP contribution in [0.5, 0.6) is 5.75 Å². The first-order valence-electron chi connectivity index (χ1n) is 7.75. The summed E-state index contributed by atoms with van der Waals surface area (Å²) in [6.07, 6.45) is 1.88. The number of halogens is 2. The minimum Gasteiger partial charge on any atom is -0.506 e. The lowest BCUT2D eigenvalue weighted by molar-refractivity contribution is 0.477. The summed E-state index contributed by atoms with van der Waals surface area (Å²) in [4.78, 5) is 8.50. The Morgan fingerprint density at radius 1 is 1.12 bits per heavy atom. The van der Waals surface area contributed by atoms with Crippen LogP contribution in [-0.4, -0.2) is 24.9 Å². The van der Waals surface area contributed by atoms with E-state index in [-0.39, 0.29) is 16.7 Å². The highest BCUT2D eigenvalue weighted by Gasteiger charge is 2.16. The number of aromatic nitrogens is 4. The molecule has 0 aliphatic heterocycles. The van der Waals surface area contributed by atoms with Crippen LogP contribution in [0.15, 0.2) is 24.3 Å². The Morgan fingerprint density at radius 2 is 1.84 bits per heavy atom. The van der Waals surface area contributed by atoms with Crippen molar-refractivity contribution in [1.82, 2.24) is 19.7 Å². The number of phenolic OH excluding ortho intramolecular Hbond substituents is 1. The van der Waals surface area contributed by atoms with Crippen LogP contribution in [0, 0.1) is 0 Å². The lowest BCUT2D eigenvalue weighted by Gasteiger charge is -2.09. The molecular formula is C17H17Cl2N5O. The van der Waals surface area contributed by atoms with Gasteiger partial charge in [0.05, 0.1) is 27.8 Å². The smallest absolute Gasteiger partial charge is 0.221 e. The fraction of sp³-hybridized carbons (Fsp3) is 0.235. The van der Waals surface area contributed by atoms with Crippen LogP contribution >= 0.6 is 23.2 Å². The minimum atomic E-state index is -0.105. The Morgan fingerprint density at radius 3 is 2.56 bits per heavy atom. The van der Waals surface area contributed by atoms with E-state index >= 15 is 0 Å². The quantitative estimate of drug-likeness (QED) is 0.714. The molecule has 0 saturated heterocycles. The predicted molar refractivity (Wildman–Crippen MR) is 99.8 cm³/mol. The molecular weight excluding hydrogens is 361 g/mol. The number of phenols is 1. The number of aromatic hydroxyl groups is 1. The van der Waals surface area contributed by atoms with E-state index in [2.05, 4.69) is 22.0 Å². The molecule has 0 amide bonds. The molecule has 0 fully saturated rings. The van der Waals surface area contributed by atoms with E-state index in [1.165, 1.54) is 6.07 Å². The third-order valence-electron chi connectivity index (χ3n) is 3.75. The van der Waals surface area contributed by atoms with Crippen molar-refractivity contribution in [1.29, 1.82) is 0 Å². The zero-order valence-electron chi connectivity index (χ0n) is 13.8. The molecule has 3 aromatic rings. The standard InChI is InChI=1S/C17H17Cl2N5O/c1-3-4-10-7-15(24(2)23-10)14-8-13(21-17(20)22-14)11-5-9(18)6-12(19)16(11)25/h5-8,25H,3-4H2,1-2H3,(H2,20,21,22). The van der Waals surface area contributed by atoms with Gasteiger partial charge in [0.2, 0.25) is 5.95 Å². The van der Waals surface area contributed by atoms with Gasteiger partial charge in [-0.1, -0.05) is 36.5 Å². The molecule has 1 aromatic carbocycles. The van der Waals surface area contributed by atoms with Crippen LogP contribution in [0.1, 0.15) is 19.0 Å². The van der Waals surface area contributed by atoms with Crippen molar-refractivity contribution in [3.8, 4) is 28.4 Å². The van der Waals surface area contributed by atoms with E-state index in [9.17, 15) is 5.11 Å². The monoisotopic (exact) mass is 377 g/mol. The summed E-state index contributed by atoms with van der Waals surface area (Å²) in [5.74, 6) is -0.0203. The topological polar surface area (TPSA) is 89.9 Å². The molecule has 25 heavy (non-hydrogen) atoms. The van der Waals surface area contributed by atoms with Gasteiger partial charge in [-0.25, -0.2) is 9.97 Å². The fourth-order valence-corrected chi connectivity index (χ4v) is 3.13. The normalized spacial score (nSPS) is 11.0. The molecule has 0 aliphatic carbocycles. The zero-order chi connectivity index (χ0) is 18.1. The fourth-order valence-electron chi connectivity index (χ4n) is 2.64. The van der Waals surface area contributed by atoms with Crippen LogP contribution < -0.4 is 5.73 Å². The van der Waals surface area contributed by atoms with Gasteiger partial charge in [0.25, 0.3) is 0 Å². The van der Waals surface area contributed by atoms with Gasteiger partial charge in [0.15, 0.2) is 0 Å². The van der Waals surface area contributed by atoms with Gasteiger partial charge in [0, 0.05) is 17.6 Å². The summed E-state index contributed by atoms with van der Waals surface area (Å²) in [5, 5.41) is 15.3. The molecule has 130 valence electrons. The summed E-state index contributed by atoms with van der Waals surface area (Å²) in [5.41, 5.74) is 9.10. The molecule has 3 N–H and O–H groups in total. The van der Waals surface area contributed by atoms with Gasteiger partial charge in [-0.3, -0.25) is 4.68 Å². The number of benzene rings is 1. The second-order valence-corrected chi connectivity index (χ2v) is 6.52. The molecule has 2 aromatic heterocycles. The van der Waals surface area contributed by atoms with Crippen LogP contribution in [0.4, 0.5) is 5.95 Å². The summed E-state index contributed by atoms with van der Waals surface area (Å²) >= 11 is 12.1. The van der Waals surface area contributed by atoms with E-state index in [0.29, 0.717) is 22.0 Å². The van der Waals surface area contributed by atoms with E-state index < -0.39 is 0 Å². The first kappa shape index (κ1) is 17.5. The molecule has 0 atom stereocenters. The molecule has 0 unspecified atom stereocenters. The van der Waals surface area contributed by atoms with Gasteiger partial charge < -0.3 is 10.8 Å². The predicted octanol–water partition coefficient (Wildman–Crippen LogP) is 4.09. The van der Waals surface area contributed by atoms with Gasteiger partial charge in [-0.15, -0.1) is 0 Å². The second-order valence-electron chi connectivity index (χ2n) is 5.67. The molecule has 0 aliphatic rings. The van der Waals surface area contributed by atoms with Crippen molar-refractivity contribution in [2.45, 2.75) is 19.8 Å². The van der Waals surface area contributed by atoms with Gasteiger partial charge in [0.1, 0.15) is 5.75 Å². The zero-order valence-corrected chi connectivity index (χ0v) is 15.3. The molecule has 0 spiro atoms. The summed E-state index contributed by atoms with van der Waals surface area (Å²) in [6.45, 7) is 2.10. The molecule has 0 saturated carbocycles. The number of anilines is 1. The number of hydrogen-bond donors (Lipinski definition) is 2. The van der Waals surface area contributed by atoms with Crippen LogP contribution in [-0.2, 0) is 13.5 Å². The summed E-state index contributed by atoms with van der Waals surface area (Å²) < 4.78 is 1.75. The van der Waals surface area contributed by atoms with E-state index in [4.69, 9.17) is 28.9 Å². The number of nitrogens with zero attached hydrogens (tertiary/aromatic N) is 4. The third-order valence-corrected chi connectivity index (χ3v) is 4.25. The van der Waals surface area contributed by atoms with Crippen molar-refractivity contribution in [3.63, 3.8) is 0 Å². The van der Waals surface area contributed by atoms with Crippen LogP contribution in [0.2, 0.25) is 10.0 Å². The molecule has 8 heteroatoms. The van der Waals surface area contributed by atoms with Crippen LogP contribution in [0.25, 0.3) is 22.6 Å². The summed E-state index contributed by atoms with van der Waals surface area (Å²) in [7, 11) is 1.85. The van der Waals surface area contributed by atoms with E-state index in [0.717, 1.165) is 24.2 Å². The van der Waals surface area contributed by atoms with Crippen molar-refractivity contribution in [3.05, 3.63) is 40.0 Å². The Balaban J connectivity index is 2.14. The first-order valence-corrected chi connectivity index (χ1v) is 8.51. The van der Waals surface area contributed by atoms with Crippen LogP contribution in [0.3, 0.4) is 0 Å². The average molecular weight is 378 g/mol. The molecule has 0 bridgehead atoms. The summed E-state index contributed by atoms with van der Waals surface area (Å²) in [6, 6.07) is 6.75. The maximum absolute atomic E-state index is 10.2. The molecule has 2 heterocycles. The van der Waals surface area contributed by atoms with E-state index in [1.807, 2.05) is 13.1 Å². The Bertz CT molecular complexity index is 939. The van der Waals surface area contributed by atoms with Gasteiger partial charge in [-0.05, 0) is 30.7 Å². The highest BCUT2D eigenvalue weighted by Crippen LogP contribution is 2.38. The number of rotatable bonds is 4. The largest absolute Gasteiger partial charge is 0.506 e. The lowest BCUT2D eigenvalue weighted by atomic mass is 10.1. The number of hydrogen-bond acceptors (Lipinski definition) is 5. The van der Waals surface area contributed by atoms with Crippen molar-refractivity contribution in [2.24, 2.45) is 7.05 Å². The van der Waals surface area contributed by atoms with Crippen molar-refractivity contribution in [2.75, 3.05) is 5.73 Å². The van der Waals surface area contributed by atoms with Gasteiger partial charge >= 0.3 is 0 Å². The minimum absolute atomic E-state index is 0.0845. The Kier molecular flexibility index (Phi) is 4.83. The number of nitrogen functional groups attached to an aromatic ring is 1. The highest BCUT2D eigenvalue weighted by molar-refractivity contribution is 6.36. The highest BCUT2D eigenvalue weighted by atomic mass is 35.5. The average Bonchev–Trinajstić information content (AvgIpc) is 2.91. The molecule has 6 nitrogen and oxygen atoms in total. The third kappa shape index (κ3) is 3.55. The Labute approximate surface area is 155 Å². The molecule has 3 rings (SSSR count). The van der Waals surface area contributed by atoms with Gasteiger partial charge in [-0.2, -0.15) is 5.10 Å². The lowest BCUT2D eigenvalue weighted by Crippen LogP contribution is -2.01.